The summed E-state index contributed by atoms with van der Waals surface area (Å²) in [4.78, 5) is 0. The third-order valence-electron chi connectivity index (χ3n) is 1.80. The van der Waals surface area contributed by atoms with Crippen molar-refractivity contribution < 1.29 is 0 Å². The molecule has 0 saturated carbocycles. The number of rotatable bonds is 4. The van der Waals surface area contributed by atoms with Gasteiger partial charge in [-0.3, -0.25) is 0 Å². The Hall–Kier alpha value is -1.82. The lowest BCUT2D eigenvalue weighted by molar-refractivity contribution is 1.63. The molecule has 0 atom stereocenters. The first-order chi connectivity index (χ1) is 6.84. The normalized spacial score (nSPS) is 10.9. The predicted molar refractivity (Wildman–Crippen MR) is 64.0 cm³/mol. The summed E-state index contributed by atoms with van der Waals surface area (Å²) < 4.78 is 0. The number of hydrogen-bond donors (Lipinski definition) is 0. The summed E-state index contributed by atoms with van der Waals surface area (Å²) >= 11 is 0. The monoisotopic (exact) mass is 182 g/mol. The SMILES string of the molecule is C=CC=CC=CC(=C)c1ccccc1. The minimum Gasteiger partial charge on any atom is -0.0991 e. The Morgan fingerprint density at radius 2 is 1.71 bits per heavy atom. The molecule has 0 radical (unpaired) electrons. The van der Waals surface area contributed by atoms with Gasteiger partial charge in [0.05, 0.1) is 0 Å². The van der Waals surface area contributed by atoms with E-state index >= 15 is 0 Å². The summed E-state index contributed by atoms with van der Waals surface area (Å²) in [5.41, 5.74) is 2.16. The predicted octanol–water partition coefficient (Wildman–Crippen LogP) is 4.00. The van der Waals surface area contributed by atoms with E-state index in [1.165, 1.54) is 0 Å². The summed E-state index contributed by atoms with van der Waals surface area (Å²) in [5.74, 6) is 0. The molecular formula is C14H14. The smallest absolute Gasteiger partial charge is 0.0190 e. The first-order valence-electron chi connectivity index (χ1n) is 4.54. The van der Waals surface area contributed by atoms with Crippen molar-refractivity contribution in [3.63, 3.8) is 0 Å². The van der Waals surface area contributed by atoms with Crippen LogP contribution < -0.4 is 0 Å². The van der Waals surface area contributed by atoms with E-state index < -0.39 is 0 Å². The summed E-state index contributed by atoms with van der Waals surface area (Å²) in [6, 6.07) is 10.1. The van der Waals surface area contributed by atoms with E-state index in [0.717, 1.165) is 11.1 Å². The van der Waals surface area contributed by atoms with Crippen molar-refractivity contribution in [2.24, 2.45) is 0 Å². The highest BCUT2D eigenvalue weighted by Crippen LogP contribution is 2.12. The minimum absolute atomic E-state index is 1.01. The van der Waals surface area contributed by atoms with Gasteiger partial charge in [0.15, 0.2) is 0 Å². The van der Waals surface area contributed by atoms with E-state index in [1.807, 2.05) is 54.6 Å². The van der Waals surface area contributed by atoms with Gasteiger partial charge >= 0.3 is 0 Å². The average Bonchev–Trinajstić information content (AvgIpc) is 2.25. The molecule has 0 heterocycles. The first-order valence-corrected chi connectivity index (χ1v) is 4.54. The van der Waals surface area contributed by atoms with Crippen LogP contribution in [0.4, 0.5) is 0 Å². The van der Waals surface area contributed by atoms with Crippen LogP contribution in [-0.2, 0) is 0 Å². The molecule has 1 aromatic carbocycles. The fourth-order valence-corrected chi connectivity index (χ4v) is 1.06. The Kier molecular flexibility index (Phi) is 4.22. The van der Waals surface area contributed by atoms with Gasteiger partial charge in [0.1, 0.15) is 0 Å². The molecule has 0 aliphatic rings. The van der Waals surface area contributed by atoms with Crippen molar-refractivity contribution in [1.29, 1.82) is 0 Å². The van der Waals surface area contributed by atoms with Crippen molar-refractivity contribution in [3.05, 3.63) is 79.4 Å². The maximum Gasteiger partial charge on any atom is -0.0190 e. The summed E-state index contributed by atoms with van der Waals surface area (Å²) in [7, 11) is 0. The van der Waals surface area contributed by atoms with Gasteiger partial charge in [-0.1, -0.05) is 73.9 Å². The Morgan fingerprint density at radius 1 is 1.00 bits per heavy atom. The lowest BCUT2D eigenvalue weighted by atomic mass is 10.1. The second-order valence-electron chi connectivity index (χ2n) is 2.87. The summed E-state index contributed by atoms with van der Waals surface area (Å²) in [6.07, 6.45) is 9.50. The standard InChI is InChI=1S/C14H14/c1-3-4-5-7-10-13(2)14-11-8-6-9-12-14/h3-12H,1-2H2. The van der Waals surface area contributed by atoms with Gasteiger partial charge in [0.25, 0.3) is 0 Å². The molecule has 0 bridgehead atoms. The van der Waals surface area contributed by atoms with E-state index in [1.54, 1.807) is 6.08 Å². The molecule has 1 rings (SSSR count). The second-order valence-corrected chi connectivity index (χ2v) is 2.87. The highest BCUT2D eigenvalue weighted by molar-refractivity contribution is 5.72. The average molecular weight is 182 g/mol. The number of allylic oxidation sites excluding steroid dienone is 6. The quantitative estimate of drug-likeness (QED) is 0.617. The van der Waals surface area contributed by atoms with Crippen molar-refractivity contribution in [2.45, 2.75) is 0 Å². The van der Waals surface area contributed by atoms with Gasteiger partial charge < -0.3 is 0 Å². The molecule has 0 heteroatoms. The van der Waals surface area contributed by atoms with Crippen LogP contribution in [0.25, 0.3) is 5.57 Å². The van der Waals surface area contributed by atoms with Crippen LogP contribution in [0.5, 0.6) is 0 Å². The molecule has 14 heavy (non-hydrogen) atoms. The van der Waals surface area contributed by atoms with Crippen molar-refractivity contribution in [1.82, 2.24) is 0 Å². The lowest BCUT2D eigenvalue weighted by Crippen LogP contribution is -1.75. The maximum atomic E-state index is 3.98. The van der Waals surface area contributed by atoms with Crippen molar-refractivity contribution >= 4 is 5.57 Å². The largest absolute Gasteiger partial charge is 0.0991 e. The Morgan fingerprint density at radius 3 is 2.36 bits per heavy atom. The number of hydrogen-bond acceptors (Lipinski definition) is 0. The third kappa shape index (κ3) is 3.28. The molecule has 0 aliphatic heterocycles. The molecular weight excluding hydrogens is 168 g/mol. The fraction of sp³-hybridized carbons (Fsp3) is 0. The summed E-state index contributed by atoms with van der Waals surface area (Å²) in [6.45, 7) is 7.57. The zero-order valence-corrected chi connectivity index (χ0v) is 8.19. The minimum atomic E-state index is 1.01. The highest BCUT2D eigenvalue weighted by Gasteiger charge is 1.90. The zero-order valence-electron chi connectivity index (χ0n) is 8.19. The zero-order chi connectivity index (χ0) is 10.2. The van der Waals surface area contributed by atoms with E-state index in [9.17, 15) is 0 Å². The molecule has 0 N–H and O–H groups in total. The third-order valence-corrected chi connectivity index (χ3v) is 1.80. The Bertz CT molecular complexity index is 353. The van der Waals surface area contributed by atoms with Gasteiger partial charge in [-0.2, -0.15) is 0 Å². The molecule has 0 spiro atoms. The van der Waals surface area contributed by atoms with Crippen LogP contribution in [0, 0.1) is 0 Å². The van der Waals surface area contributed by atoms with E-state index in [-0.39, 0.29) is 0 Å². The highest BCUT2D eigenvalue weighted by atomic mass is 13.9. The van der Waals surface area contributed by atoms with Gasteiger partial charge in [0, 0.05) is 0 Å². The van der Waals surface area contributed by atoms with Gasteiger partial charge in [-0.25, -0.2) is 0 Å². The van der Waals surface area contributed by atoms with Crippen LogP contribution in [-0.4, -0.2) is 0 Å². The Balaban J connectivity index is 2.64. The van der Waals surface area contributed by atoms with Crippen molar-refractivity contribution in [2.75, 3.05) is 0 Å². The molecule has 0 aromatic heterocycles. The maximum absolute atomic E-state index is 3.98. The van der Waals surface area contributed by atoms with E-state index in [4.69, 9.17) is 0 Å². The molecule has 0 amide bonds. The van der Waals surface area contributed by atoms with Gasteiger partial charge in [0.2, 0.25) is 0 Å². The fourth-order valence-electron chi connectivity index (χ4n) is 1.06. The van der Waals surface area contributed by atoms with Gasteiger partial charge in [-0.15, -0.1) is 0 Å². The van der Waals surface area contributed by atoms with E-state index in [2.05, 4.69) is 13.2 Å². The lowest BCUT2D eigenvalue weighted by Gasteiger charge is -1.97. The summed E-state index contributed by atoms with van der Waals surface area (Å²) in [5, 5.41) is 0. The molecule has 0 aliphatic carbocycles. The van der Waals surface area contributed by atoms with Crippen molar-refractivity contribution in [3.8, 4) is 0 Å². The number of benzene rings is 1. The second kappa shape index (κ2) is 5.76. The van der Waals surface area contributed by atoms with Crippen LogP contribution in [0.1, 0.15) is 5.56 Å². The Labute approximate surface area is 85.6 Å². The molecule has 0 nitrogen and oxygen atoms in total. The van der Waals surface area contributed by atoms with Crippen LogP contribution in [0.15, 0.2) is 73.9 Å². The molecule has 0 saturated heterocycles. The first kappa shape index (κ1) is 10.3. The van der Waals surface area contributed by atoms with E-state index in [0.29, 0.717) is 0 Å². The molecule has 1 aromatic rings. The molecule has 0 fully saturated rings. The van der Waals surface area contributed by atoms with Crippen LogP contribution in [0.2, 0.25) is 0 Å². The van der Waals surface area contributed by atoms with Gasteiger partial charge in [-0.05, 0) is 11.1 Å². The van der Waals surface area contributed by atoms with Crippen LogP contribution in [0.3, 0.4) is 0 Å². The molecule has 0 unspecified atom stereocenters. The topological polar surface area (TPSA) is 0 Å². The molecule has 70 valence electrons. The van der Waals surface area contributed by atoms with Crippen LogP contribution >= 0.6 is 0 Å².